The molecule has 6 heteroatoms. The maximum absolute atomic E-state index is 6.31. The van der Waals surface area contributed by atoms with Gasteiger partial charge in [0.25, 0.3) is 0 Å². The third kappa shape index (κ3) is 4.27. The first-order chi connectivity index (χ1) is 12.5. The van der Waals surface area contributed by atoms with E-state index in [1.807, 2.05) is 10.7 Å². The average Bonchev–Trinajstić information content (AvgIpc) is 3.28. The number of rotatable bonds is 4. The van der Waals surface area contributed by atoms with E-state index in [0.717, 1.165) is 37.4 Å². The van der Waals surface area contributed by atoms with Crippen LogP contribution in [0.15, 0.2) is 54.0 Å². The van der Waals surface area contributed by atoms with Gasteiger partial charge in [0.15, 0.2) is 0 Å². The highest BCUT2D eigenvalue weighted by atomic mass is 35.5. The van der Waals surface area contributed by atoms with E-state index in [1.54, 1.807) is 11.3 Å². The number of hydrogen-bond acceptors (Lipinski definition) is 4. The van der Waals surface area contributed by atoms with Gasteiger partial charge in [0.2, 0.25) is 0 Å². The van der Waals surface area contributed by atoms with Crippen molar-refractivity contribution in [2.75, 3.05) is 13.1 Å². The summed E-state index contributed by atoms with van der Waals surface area (Å²) < 4.78 is 2.01. The van der Waals surface area contributed by atoms with Crippen LogP contribution in [-0.2, 0) is 6.54 Å². The molecule has 1 aromatic carbocycles. The monoisotopic (exact) mass is 402 g/mol. The van der Waals surface area contributed by atoms with Crippen molar-refractivity contribution in [3.8, 4) is 16.3 Å². The minimum atomic E-state index is 0. The van der Waals surface area contributed by atoms with Gasteiger partial charge in [-0.15, -0.1) is 23.7 Å². The minimum absolute atomic E-state index is 0. The highest BCUT2D eigenvalue weighted by Crippen LogP contribution is 2.32. The van der Waals surface area contributed by atoms with Gasteiger partial charge in [-0.1, -0.05) is 38.1 Å². The molecule has 1 aliphatic rings. The molecule has 3 heterocycles. The van der Waals surface area contributed by atoms with Gasteiger partial charge in [-0.2, -0.15) is 5.10 Å². The maximum atomic E-state index is 6.31. The lowest BCUT2D eigenvalue weighted by molar-refractivity contribution is 0.0900. The molecule has 0 radical (unpaired) electrons. The van der Waals surface area contributed by atoms with Crippen molar-refractivity contribution in [3.63, 3.8) is 0 Å². The number of halogens is 1. The van der Waals surface area contributed by atoms with Gasteiger partial charge in [-0.3, -0.25) is 4.90 Å². The Morgan fingerprint density at radius 2 is 1.96 bits per heavy atom. The fourth-order valence-electron chi connectivity index (χ4n) is 3.72. The van der Waals surface area contributed by atoms with Crippen molar-refractivity contribution in [2.24, 2.45) is 11.1 Å². The Morgan fingerprint density at radius 3 is 2.63 bits per heavy atom. The van der Waals surface area contributed by atoms with Crippen LogP contribution in [0.1, 0.15) is 25.8 Å². The van der Waals surface area contributed by atoms with Gasteiger partial charge >= 0.3 is 0 Å². The summed E-state index contributed by atoms with van der Waals surface area (Å²) >= 11 is 1.75. The van der Waals surface area contributed by atoms with Crippen molar-refractivity contribution < 1.29 is 0 Å². The molecule has 1 unspecified atom stereocenters. The van der Waals surface area contributed by atoms with Gasteiger partial charge in [-0.05, 0) is 35.4 Å². The first kappa shape index (κ1) is 20.1. The number of hydrogen-bond donors (Lipinski definition) is 1. The molecule has 4 rings (SSSR count). The van der Waals surface area contributed by atoms with E-state index in [2.05, 4.69) is 66.7 Å². The fraction of sp³-hybridized carbons (Fsp3) is 0.381. The number of likely N-dealkylation sites (tertiary alicyclic amines) is 1. The Balaban J connectivity index is 0.00000210. The summed E-state index contributed by atoms with van der Waals surface area (Å²) in [5.41, 5.74) is 9.93. The average molecular weight is 403 g/mol. The first-order valence-corrected chi connectivity index (χ1v) is 10.1. The molecule has 0 bridgehead atoms. The van der Waals surface area contributed by atoms with Crippen LogP contribution in [0.25, 0.3) is 16.3 Å². The number of nitrogens with two attached hydrogens (primary N) is 1. The SMILES string of the molecule is CC1(C)CN(Cc2cn(-c3ccccc3)nc2-c2cccs2)CCC1N.Cl. The Morgan fingerprint density at radius 1 is 1.19 bits per heavy atom. The van der Waals surface area contributed by atoms with Crippen LogP contribution in [0.2, 0.25) is 0 Å². The molecule has 27 heavy (non-hydrogen) atoms. The van der Waals surface area contributed by atoms with E-state index in [1.165, 1.54) is 10.4 Å². The maximum Gasteiger partial charge on any atom is 0.107 e. The predicted octanol–water partition coefficient (Wildman–Crippen LogP) is 4.58. The minimum Gasteiger partial charge on any atom is -0.327 e. The summed E-state index contributed by atoms with van der Waals surface area (Å²) in [6.07, 6.45) is 3.24. The Labute approximate surface area is 171 Å². The smallest absolute Gasteiger partial charge is 0.107 e. The lowest BCUT2D eigenvalue weighted by Gasteiger charge is -2.42. The topological polar surface area (TPSA) is 47.1 Å². The molecule has 0 saturated carbocycles. The van der Waals surface area contributed by atoms with Gasteiger partial charge in [-0.25, -0.2) is 4.68 Å². The van der Waals surface area contributed by atoms with E-state index >= 15 is 0 Å². The van der Waals surface area contributed by atoms with Crippen LogP contribution in [0, 0.1) is 5.41 Å². The van der Waals surface area contributed by atoms with Crippen LogP contribution >= 0.6 is 23.7 Å². The fourth-order valence-corrected chi connectivity index (χ4v) is 4.46. The van der Waals surface area contributed by atoms with Crippen molar-refractivity contribution in [3.05, 3.63) is 59.6 Å². The zero-order valence-corrected chi connectivity index (χ0v) is 17.5. The Kier molecular flexibility index (Phi) is 6.06. The van der Waals surface area contributed by atoms with E-state index in [4.69, 9.17) is 10.8 Å². The van der Waals surface area contributed by atoms with E-state index in [0.29, 0.717) is 0 Å². The predicted molar refractivity (Wildman–Crippen MR) is 116 cm³/mol. The Bertz CT molecular complexity index is 858. The van der Waals surface area contributed by atoms with Gasteiger partial charge in [0.1, 0.15) is 5.69 Å². The standard InChI is InChI=1S/C21H26N4S.ClH/c1-21(2)15-24(11-10-19(21)22)13-16-14-25(17-7-4-3-5-8-17)23-20(16)18-9-6-12-26-18;/h3-9,12,14,19H,10-11,13,15,22H2,1-2H3;1H. The molecule has 3 aromatic rings. The molecule has 2 aromatic heterocycles. The zero-order valence-electron chi connectivity index (χ0n) is 15.8. The summed E-state index contributed by atoms with van der Waals surface area (Å²) in [5.74, 6) is 0. The second-order valence-electron chi connectivity index (χ2n) is 7.85. The third-order valence-electron chi connectivity index (χ3n) is 5.35. The van der Waals surface area contributed by atoms with E-state index in [-0.39, 0.29) is 23.9 Å². The van der Waals surface area contributed by atoms with Crippen molar-refractivity contribution >= 4 is 23.7 Å². The van der Waals surface area contributed by atoms with Crippen LogP contribution < -0.4 is 5.73 Å². The molecule has 0 aliphatic carbocycles. The number of benzene rings is 1. The molecule has 144 valence electrons. The number of piperidine rings is 1. The second-order valence-corrected chi connectivity index (χ2v) is 8.80. The number of nitrogens with zero attached hydrogens (tertiary/aromatic N) is 3. The van der Waals surface area contributed by atoms with Crippen LogP contribution in [0.4, 0.5) is 0 Å². The second kappa shape index (κ2) is 8.15. The zero-order chi connectivity index (χ0) is 18.1. The normalized spacial score (nSPS) is 19.6. The summed E-state index contributed by atoms with van der Waals surface area (Å²) in [4.78, 5) is 3.75. The summed E-state index contributed by atoms with van der Waals surface area (Å²) in [6, 6.07) is 14.9. The van der Waals surface area contributed by atoms with Crippen LogP contribution in [-0.4, -0.2) is 33.8 Å². The molecule has 1 aliphatic heterocycles. The number of para-hydroxylation sites is 1. The first-order valence-electron chi connectivity index (χ1n) is 9.19. The lowest BCUT2D eigenvalue weighted by Crippen LogP contribution is -2.52. The van der Waals surface area contributed by atoms with Crippen molar-refractivity contribution in [1.82, 2.24) is 14.7 Å². The summed E-state index contributed by atoms with van der Waals surface area (Å²) in [5, 5.41) is 7.03. The van der Waals surface area contributed by atoms with Crippen molar-refractivity contribution in [2.45, 2.75) is 32.9 Å². The highest BCUT2D eigenvalue weighted by Gasteiger charge is 2.33. The molecule has 0 spiro atoms. The molecular weight excluding hydrogens is 376 g/mol. The molecule has 1 saturated heterocycles. The molecule has 4 nitrogen and oxygen atoms in total. The van der Waals surface area contributed by atoms with Gasteiger partial charge in [0, 0.05) is 37.4 Å². The highest BCUT2D eigenvalue weighted by molar-refractivity contribution is 7.13. The molecule has 2 N–H and O–H groups in total. The molecule has 1 fully saturated rings. The van der Waals surface area contributed by atoms with Gasteiger partial charge in [0.05, 0.1) is 10.6 Å². The number of aromatic nitrogens is 2. The van der Waals surface area contributed by atoms with Crippen LogP contribution in [0.5, 0.6) is 0 Å². The lowest BCUT2D eigenvalue weighted by atomic mass is 9.79. The van der Waals surface area contributed by atoms with Crippen LogP contribution in [0.3, 0.4) is 0 Å². The molecule has 0 amide bonds. The van der Waals surface area contributed by atoms with Gasteiger partial charge < -0.3 is 5.73 Å². The largest absolute Gasteiger partial charge is 0.327 e. The number of thiophene rings is 1. The quantitative estimate of drug-likeness (QED) is 0.694. The third-order valence-corrected chi connectivity index (χ3v) is 6.23. The molecular formula is C21H27ClN4S. The van der Waals surface area contributed by atoms with E-state index < -0.39 is 0 Å². The molecule has 1 atom stereocenters. The van der Waals surface area contributed by atoms with Crippen molar-refractivity contribution in [1.29, 1.82) is 0 Å². The summed E-state index contributed by atoms with van der Waals surface area (Å²) in [7, 11) is 0. The summed E-state index contributed by atoms with van der Waals surface area (Å²) in [6.45, 7) is 7.53. The Hall–Kier alpha value is -1.66. The van der Waals surface area contributed by atoms with E-state index in [9.17, 15) is 0 Å².